The van der Waals surface area contributed by atoms with Gasteiger partial charge in [-0.05, 0) is 34.9 Å². The third-order valence-electron chi connectivity index (χ3n) is 5.72. The summed E-state index contributed by atoms with van der Waals surface area (Å²) >= 11 is 1.22. The second kappa shape index (κ2) is 8.07. The maximum atomic E-state index is 13.1. The standard InChI is InChI=1S/C24H17N3O5S/c1-31-24(30)27-9-8-15-18(11-25)22(33-20(15)12-27)26-21(28)17-10-16-14-5-3-2-4-13(14)6-7-19(16)32-23(17)29/h2-7,10H,8-9,12H2,1H3,(H,26,28). The van der Waals surface area contributed by atoms with Crippen LogP contribution in [0.5, 0.6) is 0 Å². The van der Waals surface area contributed by atoms with Crippen LogP contribution in [-0.2, 0) is 17.7 Å². The third-order valence-corrected chi connectivity index (χ3v) is 6.85. The van der Waals surface area contributed by atoms with Gasteiger partial charge in [0.25, 0.3) is 5.91 Å². The van der Waals surface area contributed by atoms with Crippen molar-refractivity contribution in [2.75, 3.05) is 19.0 Å². The van der Waals surface area contributed by atoms with Crippen molar-refractivity contribution < 1.29 is 18.7 Å². The number of hydrogen-bond donors (Lipinski definition) is 1. The maximum absolute atomic E-state index is 13.1. The first-order chi connectivity index (χ1) is 16.0. The molecule has 0 aliphatic carbocycles. The van der Waals surface area contributed by atoms with Crippen LogP contribution in [0.15, 0.2) is 51.7 Å². The van der Waals surface area contributed by atoms with Gasteiger partial charge in [0.15, 0.2) is 0 Å². The molecular weight excluding hydrogens is 442 g/mol. The number of nitrogens with zero attached hydrogens (tertiary/aromatic N) is 2. The monoisotopic (exact) mass is 459 g/mol. The van der Waals surface area contributed by atoms with Crippen LogP contribution in [0.2, 0.25) is 0 Å². The van der Waals surface area contributed by atoms with Gasteiger partial charge in [0.1, 0.15) is 22.2 Å². The van der Waals surface area contributed by atoms with Crippen molar-refractivity contribution in [3.8, 4) is 6.07 Å². The number of carbonyl (C=O) groups is 2. The van der Waals surface area contributed by atoms with Crippen LogP contribution in [0, 0.1) is 11.3 Å². The van der Waals surface area contributed by atoms with Gasteiger partial charge in [-0.2, -0.15) is 5.26 Å². The third kappa shape index (κ3) is 3.50. The first kappa shape index (κ1) is 20.7. The Balaban J connectivity index is 1.52. The quantitative estimate of drug-likeness (QED) is 0.354. The number of fused-ring (bicyclic) bond motifs is 4. The van der Waals surface area contributed by atoms with Gasteiger partial charge < -0.3 is 19.4 Å². The predicted molar refractivity (Wildman–Crippen MR) is 123 cm³/mol. The Hall–Kier alpha value is -4.16. The molecule has 5 rings (SSSR count). The number of nitrogens with one attached hydrogen (secondary N) is 1. The van der Waals surface area contributed by atoms with Crippen LogP contribution in [0.1, 0.15) is 26.4 Å². The second-order valence-corrected chi connectivity index (χ2v) is 8.67. The Morgan fingerprint density at radius 3 is 2.82 bits per heavy atom. The number of anilines is 1. The Bertz CT molecular complexity index is 1550. The zero-order valence-electron chi connectivity index (χ0n) is 17.5. The van der Waals surface area contributed by atoms with E-state index in [4.69, 9.17) is 9.15 Å². The maximum Gasteiger partial charge on any atom is 0.409 e. The van der Waals surface area contributed by atoms with E-state index in [1.54, 1.807) is 6.07 Å². The lowest BCUT2D eigenvalue weighted by atomic mass is 10.0. The Labute approximate surface area is 191 Å². The lowest BCUT2D eigenvalue weighted by molar-refractivity contribution is 0.102. The summed E-state index contributed by atoms with van der Waals surface area (Å²) in [6.07, 6.45) is 0.0308. The number of carbonyl (C=O) groups excluding carboxylic acids is 2. The average molecular weight is 459 g/mol. The summed E-state index contributed by atoms with van der Waals surface area (Å²) in [6.45, 7) is 0.709. The summed E-state index contributed by atoms with van der Waals surface area (Å²) in [7, 11) is 1.32. The fourth-order valence-corrected chi connectivity index (χ4v) is 5.30. The Morgan fingerprint density at radius 1 is 1.21 bits per heavy atom. The predicted octanol–water partition coefficient (Wildman–Crippen LogP) is 4.26. The molecule has 1 aliphatic heterocycles. The summed E-state index contributed by atoms with van der Waals surface area (Å²) in [5.74, 6) is -0.654. The minimum Gasteiger partial charge on any atom is -0.453 e. The number of ether oxygens (including phenoxy) is 1. The van der Waals surface area contributed by atoms with E-state index in [1.807, 2.05) is 30.3 Å². The fourth-order valence-electron chi connectivity index (χ4n) is 4.10. The molecule has 2 amide bonds. The molecule has 0 bridgehead atoms. The van der Waals surface area contributed by atoms with E-state index >= 15 is 0 Å². The molecule has 4 aromatic rings. The van der Waals surface area contributed by atoms with Crippen LogP contribution < -0.4 is 10.9 Å². The van der Waals surface area contributed by atoms with Crippen molar-refractivity contribution in [2.45, 2.75) is 13.0 Å². The molecule has 1 N–H and O–H groups in total. The molecule has 1 aliphatic rings. The molecule has 0 fully saturated rings. The van der Waals surface area contributed by atoms with E-state index < -0.39 is 17.6 Å². The lowest BCUT2D eigenvalue weighted by Crippen LogP contribution is -2.35. The molecule has 2 aromatic carbocycles. The number of rotatable bonds is 2. The molecule has 8 nitrogen and oxygen atoms in total. The normalized spacial score (nSPS) is 12.9. The SMILES string of the molecule is COC(=O)N1CCc2c(sc(NC(=O)c3cc4c(ccc5ccccc54)oc3=O)c2C#N)C1. The first-order valence-electron chi connectivity index (χ1n) is 10.1. The summed E-state index contributed by atoms with van der Waals surface area (Å²) in [4.78, 5) is 39.8. The highest BCUT2D eigenvalue weighted by atomic mass is 32.1. The van der Waals surface area contributed by atoms with Crippen molar-refractivity contribution in [3.63, 3.8) is 0 Å². The molecule has 0 spiro atoms. The fraction of sp³-hybridized carbons (Fsp3) is 0.167. The molecule has 164 valence electrons. The molecular formula is C24H17N3O5S. The van der Waals surface area contributed by atoms with Gasteiger partial charge in [-0.3, -0.25) is 4.79 Å². The number of hydrogen-bond acceptors (Lipinski definition) is 7. The molecule has 9 heteroatoms. The highest BCUT2D eigenvalue weighted by Gasteiger charge is 2.28. The van der Waals surface area contributed by atoms with Crippen LogP contribution >= 0.6 is 11.3 Å². The highest BCUT2D eigenvalue weighted by molar-refractivity contribution is 7.16. The van der Waals surface area contributed by atoms with Gasteiger partial charge in [-0.25, -0.2) is 9.59 Å². The van der Waals surface area contributed by atoms with Gasteiger partial charge >= 0.3 is 11.7 Å². The second-order valence-electron chi connectivity index (χ2n) is 7.56. The molecule has 0 atom stereocenters. The highest BCUT2D eigenvalue weighted by Crippen LogP contribution is 2.37. The number of methoxy groups -OCH3 is 1. The molecule has 33 heavy (non-hydrogen) atoms. The van der Waals surface area contributed by atoms with E-state index in [-0.39, 0.29) is 5.56 Å². The topological polar surface area (TPSA) is 113 Å². The van der Waals surface area contributed by atoms with E-state index in [2.05, 4.69) is 11.4 Å². The molecule has 0 saturated heterocycles. The van der Waals surface area contributed by atoms with Crippen molar-refractivity contribution in [2.24, 2.45) is 0 Å². The molecule has 3 heterocycles. The minimum atomic E-state index is -0.757. The van der Waals surface area contributed by atoms with Crippen LogP contribution in [-0.4, -0.2) is 30.6 Å². The number of benzene rings is 2. The zero-order valence-corrected chi connectivity index (χ0v) is 18.3. The van der Waals surface area contributed by atoms with Crippen molar-refractivity contribution in [3.05, 3.63) is 74.5 Å². The number of amides is 2. The summed E-state index contributed by atoms with van der Waals surface area (Å²) in [6, 6.07) is 14.8. The summed E-state index contributed by atoms with van der Waals surface area (Å²) in [5.41, 5.74) is 0.637. The molecule has 0 saturated carbocycles. The van der Waals surface area contributed by atoms with E-state index in [0.717, 1.165) is 21.2 Å². The summed E-state index contributed by atoms with van der Waals surface area (Å²) in [5, 5.41) is 15.2. The van der Waals surface area contributed by atoms with E-state index in [1.165, 1.54) is 29.4 Å². The Kier molecular flexibility index (Phi) is 5.07. The van der Waals surface area contributed by atoms with Gasteiger partial charge in [-0.1, -0.05) is 30.3 Å². The number of thiophene rings is 1. The number of nitriles is 1. The van der Waals surface area contributed by atoms with Crippen molar-refractivity contribution in [1.82, 2.24) is 4.90 Å². The first-order valence-corrected chi connectivity index (χ1v) is 11.0. The molecule has 2 aromatic heterocycles. The van der Waals surface area contributed by atoms with Crippen molar-refractivity contribution in [1.29, 1.82) is 5.26 Å². The van der Waals surface area contributed by atoms with Crippen molar-refractivity contribution >= 4 is 50.1 Å². The zero-order chi connectivity index (χ0) is 23.1. The van der Waals surface area contributed by atoms with Crippen LogP contribution in [0.4, 0.5) is 9.80 Å². The van der Waals surface area contributed by atoms with Crippen LogP contribution in [0.25, 0.3) is 21.7 Å². The van der Waals surface area contributed by atoms with Gasteiger partial charge in [0.05, 0.1) is 19.2 Å². The lowest BCUT2D eigenvalue weighted by Gasteiger charge is -2.25. The molecule has 0 radical (unpaired) electrons. The Morgan fingerprint density at radius 2 is 2.03 bits per heavy atom. The van der Waals surface area contributed by atoms with Crippen LogP contribution in [0.3, 0.4) is 0 Å². The summed E-state index contributed by atoms with van der Waals surface area (Å²) < 4.78 is 10.2. The van der Waals surface area contributed by atoms with Gasteiger partial charge in [-0.15, -0.1) is 11.3 Å². The smallest absolute Gasteiger partial charge is 0.409 e. The molecule has 0 unspecified atom stereocenters. The average Bonchev–Trinajstić information content (AvgIpc) is 3.18. The largest absolute Gasteiger partial charge is 0.453 e. The minimum absolute atomic E-state index is 0.148. The van der Waals surface area contributed by atoms with Gasteiger partial charge in [0.2, 0.25) is 0 Å². The van der Waals surface area contributed by atoms with E-state index in [9.17, 15) is 19.6 Å². The van der Waals surface area contributed by atoms with Gasteiger partial charge in [0, 0.05) is 16.8 Å². The van der Waals surface area contributed by atoms with E-state index in [0.29, 0.717) is 41.0 Å².